The Bertz CT molecular complexity index is 841. The third kappa shape index (κ3) is 3.51. The summed E-state index contributed by atoms with van der Waals surface area (Å²) < 4.78 is 51.2. The van der Waals surface area contributed by atoms with Gasteiger partial charge in [0.25, 0.3) is 10.0 Å². The van der Waals surface area contributed by atoms with Gasteiger partial charge in [-0.3, -0.25) is 4.72 Å². The zero-order valence-corrected chi connectivity index (χ0v) is 13.5. The van der Waals surface area contributed by atoms with Crippen LogP contribution >= 0.6 is 11.6 Å². The monoisotopic (exact) mass is 357 g/mol. The molecule has 0 spiro atoms. The second kappa shape index (κ2) is 6.25. The van der Waals surface area contributed by atoms with Crippen molar-refractivity contribution in [3.8, 4) is 11.5 Å². The standard InChI is InChI=1S/C15H13ClFNO4S/c16-12-8-10(17)2-4-13(12)18-23(19,20)11-3-5-14-15(9-11)22-7-1-6-21-14/h2-5,8-9,18H,1,6-7H2. The van der Waals surface area contributed by atoms with Gasteiger partial charge in [0, 0.05) is 12.5 Å². The highest BCUT2D eigenvalue weighted by atomic mass is 35.5. The van der Waals surface area contributed by atoms with Crippen LogP contribution in [0.3, 0.4) is 0 Å². The van der Waals surface area contributed by atoms with Crippen molar-refractivity contribution in [3.63, 3.8) is 0 Å². The van der Waals surface area contributed by atoms with E-state index in [1.165, 1.54) is 18.2 Å². The van der Waals surface area contributed by atoms with E-state index in [4.69, 9.17) is 21.1 Å². The quantitative estimate of drug-likeness (QED) is 0.913. The molecule has 0 saturated carbocycles. The van der Waals surface area contributed by atoms with Crippen LogP contribution in [0.15, 0.2) is 41.3 Å². The Morgan fingerprint density at radius 3 is 2.52 bits per heavy atom. The van der Waals surface area contributed by atoms with Crippen LogP contribution in [0.5, 0.6) is 11.5 Å². The minimum atomic E-state index is -3.89. The number of nitrogens with one attached hydrogen (secondary N) is 1. The van der Waals surface area contributed by atoms with Crippen LogP contribution in [0.1, 0.15) is 6.42 Å². The molecule has 0 saturated heterocycles. The zero-order valence-electron chi connectivity index (χ0n) is 11.9. The van der Waals surface area contributed by atoms with Crippen LogP contribution in [0.2, 0.25) is 5.02 Å². The maximum absolute atomic E-state index is 13.0. The number of rotatable bonds is 3. The molecule has 0 amide bonds. The lowest BCUT2D eigenvalue weighted by Gasteiger charge is -2.12. The van der Waals surface area contributed by atoms with Crippen LogP contribution in [-0.4, -0.2) is 21.6 Å². The van der Waals surface area contributed by atoms with Crippen molar-refractivity contribution >= 4 is 27.3 Å². The Morgan fingerprint density at radius 2 is 1.78 bits per heavy atom. The second-order valence-electron chi connectivity index (χ2n) is 4.89. The molecule has 1 aliphatic heterocycles. The van der Waals surface area contributed by atoms with E-state index in [9.17, 15) is 12.8 Å². The summed E-state index contributed by atoms with van der Waals surface area (Å²) in [5, 5.41) is -0.0251. The van der Waals surface area contributed by atoms with Crippen LogP contribution in [0.4, 0.5) is 10.1 Å². The normalized spacial score (nSPS) is 14.2. The molecule has 0 bridgehead atoms. The molecule has 2 aromatic carbocycles. The Hall–Kier alpha value is -1.99. The molecule has 0 radical (unpaired) electrons. The minimum absolute atomic E-state index is 0.00198. The molecule has 1 N–H and O–H groups in total. The molecular formula is C15H13ClFNO4S. The van der Waals surface area contributed by atoms with E-state index in [2.05, 4.69) is 4.72 Å². The Kier molecular flexibility index (Phi) is 4.32. The fourth-order valence-electron chi connectivity index (χ4n) is 2.09. The van der Waals surface area contributed by atoms with Gasteiger partial charge in [-0.2, -0.15) is 0 Å². The first-order valence-electron chi connectivity index (χ1n) is 6.83. The average molecular weight is 358 g/mol. The van der Waals surface area contributed by atoms with Crippen molar-refractivity contribution in [1.29, 1.82) is 0 Å². The summed E-state index contributed by atoms with van der Waals surface area (Å²) in [5.74, 6) is 0.324. The number of anilines is 1. The predicted octanol–water partition coefficient (Wildman–Crippen LogP) is 3.44. The Morgan fingerprint density at radius 1 is 1.04 bits per heavy atom. The molecular weight excluding hydrogens is 345 g/mol. The summed E-state index contributed by atoms with van der Waals surface area (Å²) in [6.07, 6.45) is 0.722. The van der Waals surface area contributed by atoms with Crippen molar-refractivity contribution in [2.45, 2.75) is 11.3 Å². The smallest absolute Gasteiger partial charge is 0.262 e. The SMILES string of the molecule is O=S(=O)(Nc1ccc(F)cc1Cl)c1ccc2c(c1)OCCCO2. The van der Waals surface area contributed by atoms with Crippen LogP contribution < -0.4 is 14.2 Å². The lowest BCUT2D eigenvalue weighted by molar-refractivity contribution is 0.297. The topological polar surface area (TPSA) is 64.6 Å². The summed E-state index contributed by atoms with van der Waals surface area (Å²) >= 11 is 5.85. The van der Waals surface area contributed by atoms with Gasteiger partial charge in [-0.1, -0.05) is 11.6 Å². The van der Waals surface area contributed by atoms with Gasteiger partial charge in [-0.25, -0.2) is 12.8 Å². The number of halogens is 2. The average Bonchev–Trinajstić information content (AvgIpc) is 2.74. The Balaban J connectivity index is 1.92. The highest BCUT2D eigenvalue weighted by Gasteiger charge is 2.20. The molecule has 0 fully saturated rings. The molecule has 0 atom stereocenters. The van der Waals surface area contributed by atoms with E-state index in [1.807, 2.05) is 0 Å². The molecule has 2 aromatic rings. The second-order valence-corrected chi connectivity index (χ2v) is 6.98. The van der Waals surface area contributed by atoms with Crippen LogP contribution in [0, 0.1) is 5.82 Å². The maximum Gasteiger partial charge on any atom is 0.262 e. The van der Waals surface area contributed by atoms with Gasteiger partial charge in [-0.15, -0.1) is 0 Å². The van der Waals surface area contributed by atoms with Crippen molar-refractivity contribution < 1.29 is 22.3 Å². The fourth-order valence-corrected chi connectivity index (χ4v) is 3.45. The third-order valence-corrected chi connectivity index (χ3v) is 4.88. The number of hydrogen-bond donors (Lipinski definition) is 1. The summed E-state index contributed by atoms with van der Waals surface area (Å²) in [6, 6.07) is 7.76. The van der Waals surface area contributed by atoms with Gasteiger partial charge in [0.05, 0.1) is 28.8 Å². The van der Waals surface area contributed by atoms with Gasteiger partial charge in [-0.05, 0) is 30.3 Å². The van der Waals surface area contributed by atoms with E-state index < -0.39 is 15.8 Å². The van der Waals surface area contributed by atoms with Gasteiger partial charge >= 0.3 is 0 Å². The molecule has 122 valence electrons. The van der Waals surface area contributed by atoms with Crippen molar-refractivity contribution in [2.24, 2.45) is 0 Å². The molecule has 1 heterocycles. The van der Waals surface area contributed by atoms with Gasteiger partial charge in [0.15, 0.2) is 11.5 Å². The summed E-state index contributed by atoms with van der Waals surface area (Å²) in [7, 11) is -3.89. The van der Waals surface area contributed by atoms with Gasteiger partial charge < -0.3 is 9.47 Å². The number of sulfonamides is 1. The first-order valence-corrected chi connectivity index (χ1v) is 8.69. The zero-order chi connectivity index (χ0) is 16.4. The van der Waals surface area contributed by atoms with E-state index >= 15 is 0 Å². The first-order chi connectivity index (χ1) is 11.0. The third-order valence-electron chi connectivity index (χ3n) is 3.20. The van der Waals surface area contributed by atoms with Gasteiger partial charge in [0.1, 0.15) is 5.82 Å². The molecule has 3 rings (SSSR count). The number of ether oxygens (including phenoxy) is 2. The van der Waals surface area contributed by atoms with E-state index in [-0.39, 0.29) is 15.6 Å². The van der Waals surface area contributed by atoms with Crippen molar-refractivity contribution in [3.05, 3.63) is 47.2 Å². The van der Waals surface area contributed by atoms with Crippen molar-refractivity contribution in [2.75, 3.05) is 17.9 Å². The molecule has 5 nitrogen and oxygen atoms in total. The van der Waals surface area contributed by atoms with E-state index in [0.29, 0.717) is 24.7 Å². The predicted molar refractivity (Wildman–Crippen MR) is 84.3 cm³/mol. The van der Waals surface area contributed by atoms with Crippen molar-refractivity contribution in [1.82, 2.24) is 0 Å². The minimum Gasteiger partial charge on any atom is -0.490 e. The molecule has 0 aliphatic carbocycles. The molecule has 8 heteroatoms. The maximum atomic E-state index is 13.0. The lowest BCUT2D eigenvalue weighted by Crippen LogP contribution is -2.13. The van der Waals surface area contributed by atoms with Crippen LogP contribution in [0.25, 0.3) is 0 Å². The fraction of sp³-hybridized carbons (Fsp3) is 0.200. The highest BCUT2D eigenvalue weighted by molar-refractivity contribution is 7.92. The van der Waals surface area contributed by atoms with E-state index in [0.717, 1.165) is 18.6 Å². The first kappa shape index (κ1) is 15.9. The summed E-state index contributed by atoms with van der Waals surface area (Å²) in [4.78, 5) is 0.00198. The molecule has 1 aliphatic rings. The molecule has 0 unspecified atom stereocenters. The molecule has 23 heavy (non-hydrogen) atoms. The highest BCUT2D eigenvalue weighted by Crippen LogP contribution is 2.33. The largest absolute Gasteiger partial charge is 0.490 e. The van der Waals surface area contributed by atoms with Gasteiger partial charge in [0.2, 0.25) is 0 Å². The Labute approximate surface area is 138 Å². The number of benzene rings is 2. The summed E-state index contributed by atoms with van der Waals surface area (Å²) in [5.41, 5.74) is 0.0974. The van der Waals surface area contributed by atoms with E-state index in [1.54, 1.807) is 6.07 Å². The lowest BCUT2D eigenvalue weighted by atomic mass is 10.3. The molecule has 0 aromatic heterocycles. The number of hydrogen-bond acceptors (Lipinski definition) is 4. The number of fused-ring (bicyclic) bond motifs is 1. The van der Waals surface area contributed by atoms with Crippen LogP contribution in [-0.2, 0) is 10.0 Å². The summed E-state index contributed by atoms with van der Waals surface area (Å²) in [6.45, 7) is 0.969.